The van der Waals surface area contributed by atoms with Crippen molar-refractivity contribution in [3.8, 4) is 16.9 Å². The summed E-state index contributed by atoms with van der Waals surface area (Å²) in [6.07, 6.45) is 0.314. The van der Waals surface area contributed by atoms with Crippen LogP contribution in [0, 0.1) is 11.8 Å². The number of carbonyl (C=O) groups excluding carboxylic acids is 3. The first-order valence-corrected chi connectivity index (χ1v) is 14.8. The Kier molecular flexibility index (Phi) is 7.40. The van der Waals surface area contributed by atoms with Crippen molar-refractivity contribution in [2.45, 2.75) is 31.0 Å². The van der Waals surface area contributed by atoms with Gasteiger partial charge in [0.2, 0.25) is 5.78 Å². The van der Waals surface area contributed by atoms with E-state index in [9.17, 15) is 34.8 Å². The lowest BCUT2D eigenvalue weighted by Gasteiger charge is -2.50. The van der Waals surface area contributed by atoms with Gasteiger partial charge in [-0.1, -0.05) is 30.3 Å². The summed E-state index contributed by atoms with van der Waals surface area (Å²) in [6, 6.07) is 10.3. The van der Waals surface area contributed by atoms with Crippen molar-refractivity contribution < 1.29 is 34.8 Å². The first kappa shape index (κ1) is 30.0. The molecular weight excluding hydrogens is 564 g/mol. The Balaban J connectivity index is 1.40. The van der Waals surface area contributed by atoms with E-state index in [0.29, 0.717) is 11.1 Å². The SMILES string of the molecule is CN1CCN(Cc2cccc(-c3ccc4c(c3O)C(O)=C3C(=O)[C@]5(O)C(O)=C(C(N)=O)C(=O)[C@H](N(C)C)[C@@H]5C[C@@H]3C4)c2)CC1. The van der Waals surface area contributed by atoms with E-state index in [4.69, 9.17) is 5.73 Å². The molecule has 1 heterocycles. The maximum absolute atomic E-state index is 14.1. The van der Waals surface area contributed by atoms with E-state index in [1.807, 2.05) is 30.3 Å². The molecule has 232 valence electrons. The number of benzene rings is 2. The number of phenolic OH excluding ortho intramolecular Hbond substituents is 1. The molecule has 1 aliphatic heterocycles. The smallest absolute Gasteiger partial charge is 0.255 e. The predicted molar refractivity (Wildman–Crippen MR) is 162 cm³/mol. The third-order valence-corrected chi connectivity index (χ3v) is 9.83. The Morgan fingerprint density at radius 1 is 1.07 bits per heavy atom. The van der Waals surface area contributed by atoms with Gasteiger partial charge in [0.1, 0.15) is 22.8 Å². The Bertz CT molecular complexity index is 1640. The summed E-state index contributed by atoms with van der Waals surface area (Å²) in [6.45, 7) is 4.68. The van der Waals surface area contributed by atoms with Gasteiger partial charge in [-0.05, 0) is 62.7 Å². The van der Waals surface area contributed by atoms with Crippen molar-refractivity contribution in [3.63, 3.8) is 0 Å². The number of fused-ring (bicyclic) bond motifs is 3. The molecule has 44 heavy (non-hydrogen) atoms. The number of aromatic hydroxyl groups is 1. The molecule has 1 saturated carbocycles. The highest BCUT2D eigenvalue weighted by Gasteiger charge is 2.64. The molecule has 2 aromatic carbocycles. The first-order valence-electron chi connectivity index (χ1n) is 14.8. The van der Waals surface area contributed by atoms with Gasteiger partial charge >= 0.3 is 0 Å². The average Bonchev–Trinajstić information content (AvgIpc) is 2.96. The lowest BCUT2D eigenvalue weighted by Crippen LogP contribution is -2.65. The van der Waals surface area contributed by atoms with Crippen molar-refractivity contribution in [2.75, 3.05) is 47.3 Å². The van der Waals surface area contributed by atoms with E-state index < -0.39 is 58.0 Å². The Hall–Kier alpha value is -4.03. The molecule has 11 nitrogen and oxygen atoms in total. The predicted octanol–water partition coefficient (Wildman–Crippen LogP) is 1.38. The van der Waals surface area contributed by atoms with Gasteiger partial charge in [-0.25, -0.2) is 0 Å². The van der Waals surface area contributed by atoms with Gasteiger partial charge in [0.25, 0.3) is 5.91 Å². The van der Waals surface area contributed by atoms with Crippen molar-refractivity contribution in [3.05, 3.63) is 70.0 Å². The molecule has 6 rings (SSSR count). The third kappa shape index (κ3) is 4.54. The molecule has 11 heteroatoms. The summed E-state index contributed by atoms with van der Waals surface area (Å²) in [4.78, 5) is 45.7. The minimum absolute atomic E-state index is 0.0581. The fourth-order valence-electron chi connectivity index (χ4n) is 7.55. The zero-order valence-corrected chi connectivity index (χ0v) is 25.1. The molecule has 6 N–H and O–H groups in total. The van der Waals surface area contributed by atoms with Gasteiger partial charge in [-0.2, -0.15) is 0 Å². The highest BCUT2D eigenvalue weighted by Crippen LogP contribution is 2.53. The summed E-state index contributed by atoms with van der Waals surface area (Å²) in [5, 5.41) is 45.9. The van der Waals surface area contributed by atoms with Crippen LogP contribution in [0.4, 0.5) is 0 Å². The van der Waals surface area contributed by atoms with Crippen molar-refractivity contribution in [1.29, 1.82) is 0 Å². The summed E-state index contributed by atoms with van der Waals surface area (Å²) in [5.74, 6) is -6.53. The Labute approximate surface area is 255 Å². The fourth-order valence-corrected chi connectivity index (χ4v) is 7.55. The number of nitrogens with zero attached hydrogens (tertiary/aromatic N) is 3. The third-order valence-electron chi connectivity index (χ3n) is 9.83. The summed E-state index contributed by atoms with van der Waals surface area (Å²) in [5.41, 5.74) is 4.77. The van der Waals surface area contributed by atoms with Crippen LogP contribution in [-0.2, 0) is 27.3 Å². The van der Waals surface area contributed by atoms with Crippen LogP contribution in [0.5, 0.6) is 5.75 Å². The number of aliphatic hydroxyl groups is 3. The van der Waals surface area contributed by atoms with Crippen molar-refractivity contribution in [2.24, 2.45) is 17.6 Å². The molecule has 1 saturated heterocycles. The maximum atomic E-state index is 14.1. The van der Waals surface area contributed by atoms with E-state index in [1.165, 1.54) is 4.90 Å². The zero-order chi connectivity index (χ0) is 31.7. The van der Waals surface area contributed by atoms with Gasteiger partial charge in [-0.3, -0.25) is 24.2 Å². The molecular formula is C33H38N4O7. The Morgan fingerprint density at radius 2 is 1.77 bits per heavy atom. The number of ketones is 2. The largest absolute Gasteiger partial charge is 0.508 e. The number of Topliss-reactive ketones (excluding diaryl/α,β-unsaturated/α-hetero) is 2. The van der Waals surface area contributed by atoms with Crippen LogP contribution in [0.1, 0.15) is 23.1 Å². The normalized spacial score (nSPS) is 27.8. The minimum Gasteiger partial charge on any atom is -0.508 e. The van der Waals surface area contributed by atoms with Crippen molar-refractivity contribution in [1.82, 2.24) is 14.7 Å². The number of hydrogen-bond donors (Lipinski definition) is 5. The van der Waals surface area contributed by atoms with Gasteiger partial charge in [0.15, 0.2) is 11.4 Å². The van der Waals surface area contributed by atoms with Crippen LogP contribution >= 0.6 is 0 Å². The number of amides is 1. The fraction of sp³-hybridized carbons (Fsp3) is 0.424. The number of aliphatic hydroxyl groups excluding tert-OH is 2. The molecule has 2 fully saturated rings. The average molecular weight is 603 g/mol. The lowest BCUT2D eigenvalue weighted by molar-refractivity contribution is -0.153. The van der Waals surface area contributed by atoms with E-state index in [1.54, 1.807) is 20.2 Å². The highest BCUT2D eigenvalue weighted by molar-refractivity contribution is 6.24. The number of carbonyl (C=O) groups is 3. The van der Waals surface area contributed by atoms with E-state index in [-0.39, 0.29) is 29.7 Å². The van der Waals surface area contributed by atoms with Gasteiger partial charge in [0, 0.05) is 49.8 Å². The molecule has 4 atom stereocenters. The van der Waals surface area contributed by atoms with E-state index in [0.717, 1.165) is 43.9 Å². The molecule has 1 amide bonds. The van der Waals surface area contributed by atoms with Crippen LogP contribution in [0.2, 0.25) is 0 Å². The van der Waals surface area contributed by atoms with Crippen LogP contribution in [0.3, 0.4) is 0 Å². The lowest BCUT2D eigenvalue weighted by atomic mass is 9.57. The highest BCUT2D eigenvalue weighted by atomic mass is 16.3. The molecule has 3 aliphatic carbocycles. The zero-order valence-electron chi connectivity index (χ0n) is 25.1. The second-order valence-electron chi connectivity index (χ2n) is 12.7. The first-order chi connectivity index (χ1) is 20.8. The second-order valence-corrected chi connectivity index (χ2v) is 12.7. The molecule has 0 radical (unpaired) electrons. The quantitative estimate of drug-likeness (QED) is 0.316. The summed E-state index contributed by atoms with van der Waals surface area (Å²) < 4.78 is 0. The Morgan fingerprint density at radius 3 is 2.43 bits per heavy atom. The van der Waals surface area contributed by atoms with Crippen LogP contribution in [-0.4, -0.2) is 112 Å². The van der Waals surface area contributed by atoms with Crippen LogP contribution in [0.25, 0.3) is 16.9 Å². The number of phenols is 1. The number of rotatable bonds is 5. The summed E-state index contributed by atoms with van der Waals surface area (Å²) in [7, 11) is 5.26. The van der Waals surface area contributed by atoms with E-state index >= 15 is 0 Å². The van der Waals surface area contributed by atoms with Gasteiger partial charge in [0.05, 0.1) is 11.6 Å². The standard InChI is InChI=1S/C33H38N4O7/c1-35(2)26-22-15-20-14-19-7-8-21(18-6-4-5-17(13-18)16-37-11-9-36(3)10-12-37)27(38)23(19)28(39)24(20)30(41)33(22,44)31(42)25(29(26)40)32(34)43/h4-8,13,20,22,26,38-39,42,44H,9-12,14-16H2,1-3H3,(H2,34,43)/t20-,22-,26+,33-/m0/s1. The second kappa shape index (κ2) is 10.8. The van der Waals surface area contributed by atoms with Crippen LogP contribution in [0.15, 0.2) is 53.3 Å². The number of nitrogens with two attached hydrogens (primary N) is 1. The van der Waals surface area contributed by atoms with Gasteiger partial charge < -0.3 is 31.1 Å². The topological polar surface area (TPSA) is 168 Å². The van der Waals surface area contributed by atoms with Crippen molar-refractivity contribution >= 4 is 23.2 Å². The minimum atomic E-state index is -2.66. The number of primary amides is 1. The van der Waals surface area contributed by atoms with Gasteiger partial charge in [-0.15, -0.1) is 0 Å². The molecule has 2 aromatic rings. The number of hydrogen-bond acceptors (Lipinski definition) is 10. The number of likely N-dealkylation sites (N-methyl/N-ethyl adjacent to an activating group) is 2. The maximum Gasteiger partial charge on any atom is 0.255 e. The monoisotopic (exact) mass is 602 g/mol. The van der Waals surface area contributed by atoms with E-state index in [2.05, 4.69) is 16.8 Å². The molecule has 0 unspecified atom stereocenters. The molecule has 0 aromatic heterocycles. The summed E-state index contributed by atoms with van der Waals surface area (Å²) >= 11 is 0. The number of piperazine rings is 1. The molecule has 4 aliphatic rings. The molecule has 0 spiro atoms. The molecule has 0 bridgehead atoms. The van der Waals surface area contributed by atoms with Crippen LogP contribution < -0.4 is 5.73 Å².